The van der Waals surface area contributed by atoms with Crippen molar-refractivity contribution >= 4 is 11.5 Å². The van der Waals surface area contributed by atoms with Gasteiger partial charge in [-0.25, -0.2) is 9.97 Å². The number of nitrogens with zero attached hydrogens (tertiary/aromatic N) is 4. The molecular weight excluding hydrogens is 378 g/mol. The zero-order valence-corrected chi connectivity index (χ0v) is 16.9. The van der Waals surface area contributed by atoms with Crippen LogP contribution in [0.15, 0.2) is 42.7 Å². The zero-order valence-electron chi connectivity index (χ0n) is 16.9. The van der Waals surface area contributed by atoms with Gasteiger partial charge in [-0.1, -0.05) is 12.1 Å². The SMILES string of the molecule is Cc1ccc(N2CCc3ncnc(N[C@@H](C)c4ccc(O)c(O)c4)c3C2)c(C#N)c1. The Morgan fingerprint density at radius 1 is 1.13 bits per heavy atom. The lowest BCUT2D eigenvalue weighted by atomic mass is 10.0. The molecular formula is C23H23N5O2. The lowest BCUT2D eigenvalue weighted by molar-refractivity contribution is 0.403. The first-order chi connectivity index (χ1) is 14.5. The van der Waals surface area contributed by atoms with Crippen molar-refractivity contribution in [3.8, 4) is 17.6 Å². The fraction of sp³-hybridized carbons (Fsp3) is 0.261. The third-order valence-electron chi connectivity index (χ3n) is 5.47. The number of hydrogen-bond donors (Lipinski definition) is 3. The van der Waals surface area contributed by atoms with Crippen molar-refractivity contribution < 1.29 is 10.2 Å². The second kappa shape index (κ2) is 7.91. The molecule has 0 spiro atoms. The number of phenolic OH excluding ortho intramolecular Hbond substituents is 2. The van der Waals surface area contributed by atoms with Crippen molar-refractivity contribution in [1.82, 2.24) is 9.97 Å². The van der Waals surface area contributed by atoms with Crippen LogP contribution in [-0.2, 0) is 13.0 Å². The Morgan fingerprint density at radius 3 is 2.73 bits per heavy atom. The minimum atomic E-state index is -0.152. The number of fused-ring (bicyclic) bond motifs is 1. The molecule has 0 saturated heterocycles. The number of nitrogens with one attached hydrogen (secondary N) is 1. The van der Waals surface area contributed by atoms with Gasteiger partial charge in [0.25, 0.3) is 0 Å². The van der Waals surface area contributed by atoms with E-state index in [0.717, 1.165) is 46.9 Å². The van der Waals surface area contributed by atoms with E-state index in [-0.39, 0.29) is 17.5 Å². The van der Waals surface area contributed by atoms with Crippen LogP contribution in [0, 0.1) is 18.3 Å². The van der Waals surface area contributed by atoms with Gasteiger partial charge < -0.3 is 20.4 Å². The number of benzene rings is 2. The van der Waals surface area contributed by atoms with E-state index in [1.165, 1.54) is 6.07 Å². The Hall–Kier alpha value is -3.79. The molecule has 152 valence electrons. The summed E-state index contributed by atoms with van der Waals surface area (Å²) in [5, 5.41) is 32.3. The molecule has 0 fully saturated rings. The maximum Gasteiger partial charge on any atom is 0.157 e. The molecule has 30 heavy (non-hydrogen) atoms. The van der Waals surface area contributed by atoms with Crippen LogP contribution in [0.1, 0.15) is 40.9 Å². The average Bonchev–Trinajstić information content (AvgIpc) is 2.75. The molecule has 2 aromatic carbocycles. The zero-order chi connectivity index (χ0) is 21.3. The van der Waals surface area contributed by atoms with Crippen LogP contribution >= 0.6 is 0 Å². The van der Waals surface area contributed by atoms with Gasteiger partial charge in [0.15, 0.2) is 11.5 Å². The Morgan fingerprint density at radius 2 is 1.97 bits per heavy atom. The highest BCUT2D eigenvalue weighted by Gasteiger charge is 2.24. The second-order valence-electron chi connectivity index (χ2n) is 7.57. The molecule has 1 atom stereocenters. The van der Waals surface area contributed by atoms with E-state index in [9.17, 15) is 15.5 Å². The van der Waals surface area contributed by atoms with E-state index in [0.29, 0.717) is 12.1 Å². The van der Waals surface area contributed by atoms with Gasteiger partial charge in [0.05, 0.1) is 23.0 Å². The van der Waals surface area contributed by atoms with Crippen molar-refractivity contribution in [3.63, 3.8) is 0 Å². The highest BCUT2D eigenvalue weighted by molar-refractivity contribution is 5.63. The molecule has 0 bridgehead atoms. The van der Waals surface area contributed by atoms with Crippen LogP contribution in [0.3, 0.4) is 0 Å². The molecule has 0 saturated carbocycles. The molecule has 1 aromatic heterocycles. The number of phenols is 2. The molecule has 3 N–H and O–H groups in total. The molecule has 1 aliphatic heterocycles. The fourth-order valence-electron chi connectivity index (χ4n) is 3.78. The number of rotatable bonds is 4. The van der Waals surface area contributed by atoms with Gasteiger partial charge in [-0.2, -0.15) is 5.26 Å². The van der Waals surface area contributed by atoms with Gasteiger partial charge >= 0.3 is 0 Å². The van der Waals surface area contributed by atoms with Gasteiger partial charge in [0, 0.05) is 25.1 Å². The Labute approximate surface area is 175 Å². The first-order valence-electron chi connectivity index (χ1n) is 9.83. The van der Waals surface area contributed by atoms with Gasteiger partial charge in [0.1, 0.15) is 18.2 Å². The summed E-state index contributed by atoms with van der Waals surface area (Å²) >= 11 is 0. The highest BCUT2D eigenvalue weighted by Crippen LogP contribution is 2.32. The third kappa shape index (κ3) is 3.72. The number of aryl methyl sites for hydroxylation is 1. The van der Waals surface area contributed by atoms with E-state index in [4.69, 9.17) is 0 Å². The van der Waals surface area contributed by atoms with Crippen molar-refractivity contribution in [3.05, 3.63) is 70.7 Å². The van der Waals surface area contributed by atoms with Crippen LogP contribution in [0.25, 0.3) is 0 Å². The molecule has 3 aromatic rings. The molecule has 7 heteroatoms. The van der Waals surface area contributed by atoms with Crippen LogP contribution in [0.4, 0.5) is 11.5 Å². The molecule has 0 unspecified atom stereocenters. The summed E-state index contributed by atoms with van der Waals surface area (Å²) in [7, 11) is 0. The highest BCUT2D eigenvalue weighted by atomic mass is 16.3. The first-order valence-corrected chi connectivity index (χ1v) is 9.83. The first kappa shape index (κ1) is 19.5. The number of aromatic nitrogens is 2. The molecule has 0 radical (unpaired) electrons. The molecule has 0 amide bonds. The summed E-state index contributed by atoms with van der Waals surface area (Å²) in [4.78, 5) is 11.1. The molecule has 4 rings (SSSR count). The van der Waals surface area contributed by atoms with Crippen LogP contribution in [0.5, 0.6) is 11.5 Å². The minimum Gasteiger partial charge on any atom is -0.504 e. The summed E-state index contributed by atoms with van der Waals surface area (Å²) in [6.45, 7) is 5.33. The number of hydrogen-bond acceptors (Lipinski definition) is 7. The Kier molecular flexibility index (Phi) is 5.15. The second-order valence-corrected chi connectivity index (χ2v) is 7.57. The molecule has 1 aliphatic rings. The topological polar surface area (TPSA) is 105 Å². The van der Waals surface area contributed by atoms with Crippen molar-refractivity contribution in [2.75, 3.05) is 16.8 Å². The van der Waals surface area contributed by atoms with Gasteiger partial charge in [-0.15, -0.1) is 0 Å². The third-order valence-corrected chi connectivity index (χ3v) is 5.47. The Bertz CT molecular complexity index is 1140. The van der Waals surface area contributed by atoms with E-state index in [1.54, 1.807) is 18.5 Å². The van der Waals surface area contributed by atoms with Crippen LogP contribution < -0.4 is 10.2 Å². The predicted octanol–water partition coefficient (Wildman–Crippen LogP) is 3.80. The predicted molar refractivity (Wildman–Crippen MR) is 114 cm³/mol. The van der Waals surface area contributed by atoms with Gasteiger partial charge in [0.2, 0.25) is 0 Å². The number of anilines is 2. The van der Waals surface area contributed by atoms with Crippen LogP contribution in [0.2, 0.25) is 0 Å². The maximum atomic E-state index is 9.80. The molecule has 7 nitrogen and oxygen atoms in total. The summed E-state index contributed by atoms with van der Waals surface area (Å²) in [6, 6.07) is 12.9. The lowest BCUT2D eigenvalue weighted by Gasteiger charge is -2.32. The summed E-state index contributed by atoms with van der Waals surface area (Å²) in [6.07, 6.45) is 2.32. The summed E-state index contributed by atoms with van der Waals surface area (Å²) < 4.78 is 0. The average molecular weight is 401 g/mol. The quantitative estimate of drug-likeness (QED) is 0.571. The summed E-state index contributed by atoms with van der Waals surface area (Å²) in [5.74, 6) is 0.434. The van der Waals surface area contributed by atoms with E-state index < -0.39 is 0 Å². The van der Waals surface area contributed by atoms with Crippen molar-refractivity contribution in [2.45, 2.75) is 32.9 Å². The number of nitriles is 1. The summed E-state index contributed by atoms with van der Waals surface area (Å²) in [5.41, 5.74) is 5.47. The minimum absolute atomic E-state index is 0.139. The molecule has 2 heterocycles. The largest absolute Gasteiger partial charge is 0.504 e. The molecule has 0 aliphatic carbocycles. The lowest BCUT2D eigenvalue weighted by Crippen LogP contribution is -2.32. The fourth-order valence-corrected chi connectivity index (χ4v) is 3.78. The van der Waals surface area contributed by atoms with Crippen molar-refractivity contribution in [1.29, 1.82) is 5.26 Å². The normalized spacial score (nSPS) is 14.0. The van der Waals surface area contributed by atoms with Crippen LogP contribution in [-0.4, -0.2) is 26.7 Å². The van der Waals surface area contributed by atoms with E-state index >= 15 is 0 Å². The monoisotopic (exact) mass is 401 g/mol. The van der Waals surface area contributed by atoms with Gasteiger partial charge in [-0.05, 0) is 49.2 Å². The Balaban J connectivity index is 1.62. The maximum absolute atomic E-state index is 9.80. The van der Waals surface area contributed by atoms with Gasteiger partial charge in [-0.3, -0.25) is 0 Å². The number of aromatic hydroxyl groups is 2. The van der Waals surface area contributed by atoms with Crippen molar-refractivity contribution in [2.24, 2.45) is 0 Å². The smallest absolute Gasteiger partial charge is 0.157 e. The van der Waals surface area contributed by atoms with E-state index in [1.807, 2.05) is 32.0 Å². The van der Waals surface area contributed by atoms with E-state index in [2.05, 4.69) is 26.3 Å². The standard InChI is InChI=1S/C23H23N5O2/c1-14-3-5-20(17(9-14)11-24)28-8-7-19-18(12-28)23(26-13-25-19)27-15(2)16-4-6-21(29)22(30)10-16/h3-6,9-10,13,15,29-30H,7-8,12H2,1-2H3,(H,25,26,27)/t15-/m0/s1.